The molecule has 2 saturated heterocycles. The van der Waals surface area contributed by atoms with Crippen LogP contribution in [0.15, 0.2) is 72.2 Å². The lowest BCUT2D eigenvalue weighted by Gasteiger charge is -2.36. The molecule has 2 aliphatic rings. The smallest absolute Gasteiger partial charge is 0.246 e. The maximum Gasteiger partial charge on any atom is 0.246 e. The molecule has 78 heavy (non-hydrogen) atoms. The maximum atomic E-state index is 17.0. The number of nitrogens with one attached hydrogen (secondary N) is 3. The van der Waals surface area contributed by atoms with Gasteiger partial charge in [-0.25, -0.2) is 14.4 Å². The van der Waals surface area contributed by atoms with Gasteiger partial charge in [0.2, 0.25) is 35.5 Å². The van der Waals surface area contributed by atoms with Crippen LogP contribution in [-0.4, -0.2) is 154 Å². The summed E-state index contributed by atoms with van der Waals surface area (Å²) in [7, 11) is 3.32. The Hall–Kier alpha value is -7.00. The van der Waals surface area contributed by atoms with Crippen molar-refractivity contribution in [3.63, 3.8) is 0 Å². The van der Waals surface area contributed by atoms with Crippen LogP contribution in [0, 0.1) is 18.2 Å². The lowest BCUT2D eigenvalue weighted by molar-refractivity contribution is -0.144. The molecular formula is C57H68ClFN10O8S. The van der Waals surface area contributed by atoms with Gasteiger partial charge in [0, 0.05) is 90.2 Å². The van der Waals surface area contributed by atoms with Gasteiger partial charge in [0.1, 0.15) is 35.8 Å². The number of fused-ring (bicyclic) bond motifs is 2. The number of amides is 5. The number of aliphatic hydroxyl groups is 1. The molecular weight excluding hydrogens is 1040 g/mol. The number of piperazine rings is 1. The van der Waals surface area contributed by atoms with Gasteiger partial charge in [-0.05, 0) is 77.8 Å². The molecule has 4 atom stereocenters. The van der Waals surface area contributed by atoms with Crippen molar-refractivity contribution >= 4 is 85.9 Å². The fourth-order valence-electron chi connectivity index (χ4n) is 9.94. The fraction of sp³-hybridized carbons (Fsp3) is 0.439. The minimum absolute atomic E-state index is 0.00120. The molecule has 2 aromatic heterocycles. The topological polar surface area (TPSA) is 223 Å². The van der Waals surface area contributed by atoms with Gasteiger partial charge < -0.3 is 50.5 Å². The van der Waals surface area contributed by atoms with Crippen LogP contribution in [0.3, 0.4) is 0 Å². The van der Waals surface area contributed by atoms with Crippen LogP contribution in [0.2, 0.25) is 5.02 Å². The van der Waals surface area contributed by atoms with Crippen molar-refractivity contribution in [1.29, 1.82) is 0 Å². The zero-order chi connectivity index (χ0) is 56.0. The molecule has 0 spiro atoms. The van der Waals surface area contributed by atoms with Crippen molar-refractivity contribution < 1.29 is 43.3 Å². The first kappa shape index (κ1) is 57.2. The van der Waals surface area contributed by atoms with Crippen LogP contribution in [0.4, 0.5) is 16.2 Å². The monoisotopic (exact) mass is 1110 g/mol. The Bertz CT molecular complexity index is 3180. The van der Waals surface area contributed by atoms with Crippen molar-refractivity contribution in [2.45, 2.75) is 91.0 Å². The number of phenolic OH excluding ortho intramolecular Hbond substituents is 1. The fourth-order valence-corrected chi connectivity index (χ4v) is 11.0. The van der Waals surface area contributed by atoms with Gasteiger partial charge in [-0.2, -0.15) is 4.98 Å². The summed E-state index contributed by atoms with van der Waals surface area (Å²) in [6.45, 7) is 10.7. The molecule has 1 unspecified atom stereocenters. The molecule has 8 rings (SSSR count). The van der Waals surface area contributed by atoms with E-state index in [-0.39, 0.29) is 91.2 Å². The summed E-state index contributed by atoms with van der Waals surface area (Å²) in [5, 5.41) is 32.1. The Kier molecular flexibility index (Phi) is 18.2. The van der Waals surface area contributed by atoms with Crippen molar-refractivity contribution in [3.8, 4) is 27.3 Å². The summed E-state index contributed by atoms with van der Waals surface area (Å²) in [4.78, 5) is 88.4. The number of anilines is 2. The number of rotatable bonds is 19. The molecule has 4 aromatic carbocycles. The van der Waals surface area contributed by atoms with Gasteiger partial charge in [-0.3, -0.25) is 24.0 Å². The number of unbranched alkanes of at least 4 members (excludes halogenated alkanes) is 1. The van der Waals surface area contributed by atoms with Gasteiger partial charge >= 0.3 is 0 Å². The van der Waals surface area contributed by atoms with E-state index in [1.165, 1.54) is 15.9 Å². The highest BCUT2D eigenvalue weighted by atomic mass is 35.5. The number of nitrogens with zero attached hydrogens (tertiary/aromatic N) is 7. The number of thiazole rings is 1. The number of aliphatic hydroxyl groups excluding tert-OH is 1. The lowest BCUT2D eigenvalue weighted by atomic mass is 9.85. The number of carbonyl (C=O) groups excluding carboxylic acids is 5. The number of hydrogen-bond acceptors (Lipinski definition) is 14. The van der Waals surface area contributed by atoms with E-state index in [1.54, 1.807) is 48.0 Å². The highest BCUT2D eigenvalue weighted by Crippen LogP contribution is 2.42. The molecule has 0 saturated carbocycles. The predicted octanol–water partition coefficient (Wildman–Crippen LogP) is 7.48. The maximum absolute atomic E-state index is 17.0. The van der Waals surface area contributed by atoms with Gasteiger partial charge in [-0.1, -0.05) is 80.9 Å². The summed E-state index contributed by atoms with van der Waals surface area (Å²) in [5.74, 6) is -1.78. The number of halogens is 2. The number of likely N-dealkylation sites (tertiary alicyclic amines) is 1. The van der Waals surface area contributed by atoms with E-state index in [2.05, 4.69) is 25.9 Å². The third kappa shape index (κ3) is 13.3. The zero-order valence-electron chi connectivity index (χ0n) is 45.1. The molecule has 0 aliphatic carbocycles. The Balaban J connectivity index is 0.826. The highest BCUT2D eigenvalue weighted by Gasteiger charge is 2.45. The third-order valence-corrected chi connectivity index (χ3v) is 15.5. The second kappa shape index (κ2) is 24.8. The molecule has 2 fully saturated rings. The summed E-state index contributed by atoms with van der Waals surface area (Å²) in [5.41, 5.74) is 4.37. The van der Waals surface area contributed by atoms with Crippen LogP contribution >= 0.6 is 22.9 Å². The lowest BCUT2D eigenvalue weighted by Crippen LogP contribution is -2.58. The Labute approximate surface area is 462 Å². The second-order valence-corrected chi connectivity index (χ2v) is 22.5. The highest BCUT2D eigenvalue weighted by molar-refractivity contribution is 7.13. The van der Waals surface area contributed by atoms with Crippen molar-refractivity contribution in [2.24, 2.45) is 5.41 Å². The predicted molar refractivity (Wildman–Crippen MR) is 301 cm³/mol. The molecule has 0 bridgehead atoms. The summed E-state index contributed by atoms with van der Waals surface area (Å²) >= 11 is 8.47. The number of aromatic nitrogens is 3. The molecule has 5 amide bonds. The molecule has 5 N–H and O–H groups in total. The molecule has 6 aromatic rings. The molecule has 0 radical (unpaired) electrons. The molecule has 414 valence electrons. The number of benzene rings is 4. The van der Waals surface area contributed by atoms with E-state index in [4.69, 9.17) is 21.3 Å². The van der Waals surface area contributed by atoms with Crippen LogP contribution in [0.25, 0.3) is 43.2 Å². The van der Waals surface area contributed by atoms with E-state index in [0.29, 0.717) is 66.6 Å². The average molecular weight is 1110 g/mol. The zero-order valence-corrected chi connectivity index (χ0v) is 46.6. The molecule has 21 heteroatoms. The summed E-state index contributed by atoms with van der Waals surface area (Å²) in [6.07, 6.45) is 0.530. The number of hydrogen-bond donors (Lipinski definition) is 5. The van der Waals surface area contributed by atoms with E-state index >= 15 is 4.39 Å². The number of aryl methyl sites for hydroxylation is 1. The van der Waals surface area contributed by atoms with E-state index < -0.39 is 47.1 Å². The normalized spacial score (nSPS) is 16.6. The Morgan fingerprint density at radius 3 is 2.37 bits per heavy atom. The summed E-state index contributed by atoms with van der Waals surface area (Å²) in [6, 6.07) is 17.5. The Morgan fingerprint density at radius 2 is 1.68 bits per heavy atom. The van der Waals surface area contributed by atoms with Crippen molar-refractivity contribution in [1.82, 2.24) is 40.3 Å². The van der Waals surface area contributed by atoms with E-state index in [1.807, 2.05) is 88.0 Å². The van der Waals surface area contributed by atoms with Crippen LogP contribution in [0.5, 0.6) is 5.75 Å². The molecule has 18 nitrogen and oxygen atoms in total. The van der Waals surface area contributed by atoms with Gasteiger partial charge in [0.15, 0.2) is 5.82 Å². The first-order valence-corrected chi connectivity index (χ1v) is 27.5. The van der Waals surface area contributed by atoms with Gasteiger partial charge in [0.05, 0.1) is 33.3 Å². The SMILES string of the molecule is Cc1ncsc1-c1ccc([C@H](C)NC(=O)C2C[C@@H](O)CN2C(=O)[C@@H](NC(=O)COCCCCC(=O)N2CCN(c3nc(NCCC(=O)N(C)C)nc4c(F)c(-c5cc(O)cc6ccccc56)c(Cl)cc34)CC2)C(C)(C)C)cc1. The standard InChI is InChI=1S/C57H68ClFN10O8S/c1-33(35-15-17-36(18-16-35)51-34(2)61-32-78-51)62-54(75)44-28-39(71)30-69(44)55(76)52(57(3,4)5)63-45(72)31-77-25-11-10-14-47(74)67-21-23-68(24-22-67)53-42-29-43(58)48(41-27-38(70)26-37-12-8-9-13-40(37)41)49(59)50(42)64-56(65-53)60-20-19-46(73)66(6)7/h8-9,12-13,15-18,26-27,29,32-33,39,44,52,70-71H,10-11,14,19-25,28,30-31H2,1-7H3,(H,62,75)(H,63,72)(H,60,64,65)/t33-,39+,44?,52+/m0/s1. The van der Waals surface area contributed by atoms with E-state index in [9.17, 15) is 34.2 Å². The quantitative estimate of drug-likeness (QED) is 0.0497. The minimum atomic E-state index is -1.02. The number of phenols is 1. The first-order valence-electron chi connectivity index (χ1n) is 26.2. The minimum Gasteiger partial charge on any atom is -0.508 e. The number of ether oxygens (including phenoxy) is 1. The van der Waals surface area contributed by atoms with Gasteiger partial charge in [-0.15, -0.1) is 11.3 Å². The largest absolute Gasteiger partial charge is 0.508 e. The Morgan fingerprint density at radius 1 is 0.949 bits per heavy atom. The van der Waals surface area contributed by atoms with Crippen molar-refractivity contribution in [2.75, 3.05) is 76.8 Å². The number of aromatic hydroxyl groups is 1. The van der Waals surface area contributed by atoms with Crippen LogP contribution in [0.1, 0.15) is 77.1 Å². The molecule has 4 heterocycles. The van der Waals surface area contributed by atoms with Gasteiger partial charge in [0.25, 0.3) is 0 Å². The van der Waals surface area contributed by atoms with E-state index in [0.717, 1.165) is 21.7 Å². The first-order chi connectivity index (χ1) is 37.2. The van der Waals surface area contributed by atoms with Crippen LogP contribution < -0.4 is 20.9 Å². The van der Waals surface area contributed by atoms with Crippen LogP contribution in [-0.2, 0) is 28.7 Å². The number of β-amino-alcohol motifs (C(OH)–C–C–N with tert-alkyl or cyclic N) is 1. The third-order valence-electron chi connectivity index (χ3n) is 14.3. The van der Waals surface area contributed by atoms with Crippen molar-refractivity contribution in [3.05, 3.63) is 94.3 Å². The second-order valence-electron chi connectivity index (χ2n) is 21.3. The molecule has 2 aliphatic heterocycles. The average Bonchev–Trinajstić information content (AvgIpc) is 4.18. The number of carbonyl (C=O) groups is 5. The summed E-state index contributed by atoms with van der Waals surface area (Å²) < 4.78 is 22.7.